The van der Waals surface area contributed by atoms with Crippen molar-refractivity contribution in [1.29, 1.82) is 0 Å². The zero-order valence-electron chi connectivity index (χ0n) is 13.4. The van der Waals surface area contributed by atoms with Crippen molar-refractivity contribution in [1.82, 2.24) is 15.5 Å². The normalized spacial score (nSPS) is 18.5. The molecular formula is C18H24N4. The van der Waals surface area contributed by atoms with Crippen molar-refractivity contribution >= 4 is 5.82 Å². The maximum absolute atomic E-state index is 4.23. The van der Waals surface area contributed by atoms with Crippen molar-refractivity contribution in [2.75, 3.05) is 18.0 Å². The Balaban J connectivity index is 1.60. The second-order valence-electron chi connectivity index (χ2n) is 6.11. The van der Waals surface area contributed by atoms with Crippen LogP contribution in [-0.4, -0.2) is 29.3 Å². The average molecular weight is 296 g/mol. The molecule has 1 fully saturated rings. The van der Waals surface area contributed by atoms with E-state index in [1.807, 2.05) is 12.1 Å². The van der Waals surface area contributed by atoms with Crippen LogP contribution < -0.4 is 10.2 Å². The molecule has 4 nitrogen and oxygen atoms in total. The molecule has 1 aliphatic heterocycles. The summed E-state index contributed by atoms with van der Waals surface area (Å²) in [5.41, 5.74) is 4.16. The van der Waals surface area contributed by atoms with E-state index in [2.05, 4.69) is 52.5 Å². The number of rotatable bonds is 4. The molecule has 0 amide bonds. The van der Waals surface area contributed by atoms with Crippen molar-refractivity contribution in [2.45, 2.75) is 39.3 Å². The number of nitrogens with one attached hydrogen (secondary N) is 1. The Hall–Kier alpha value is -1.94. The summed E-state index contributed by atoms with van der Waals surface area (Å²) in [4.78, 5) is 2.33. The number of hydrogen-bond donors (Lipinski definition) is 1. The molecule has 4 heteroatoms. The van der Waals surface area contributed by atoms with Crippen molar-refractivity contribution in [3.05, 3.63) is 53.2 Å². The molecule has 1 N–H and O–H groups in total. The van der Waals surface area contributed by atoms with E-state index in [1.54, 1.807) is 6.20 Å². The molecule has 0 spiro atoms. The summed E-state index contributed by atoms with van der Waals surface area (Å²) in [6.45, 7) is 7.39. The zero-order chi connectivity index (χ0) is 15.4. The van der Waals surface area contributed by atoms with Gasteiger partial charge in [-0.2, -0.15) is 5.10 Å². The molecule has 3 rings (SSSR count). The van der Waals surface area contributed by atoms with E-state index in [-0.39, 0.29) is 0 Å². The first-order valence-corrected chi connectivity index (χ1v) is 8.05. The van der Waals surface area contributed by atoms with E-state index in [9.17, 15) is 0 Å². The third kappa shape index (κ3) is 3.45. The second-order valence-corrected chi connectivity index (χ2v) is 6.11. The summed E-state index contributed by atoms with van der Waals surface area (Å²) in [7, 11) is 0. The lowest BCUT2D eigenvalue weighted by molar-refractivity contribution is 0.419. The van der Waals surface area contributed by atoms with Crippen molar-refractivity contribution in [3.8, 4) is 0 Å². The first kappa shape index (κ1) is 15.0. The van der Waals surface area contributed by atoms with Gasteiger partial charge in [-0.05, 0) is 55.5 Å². The second kappa shape index (κ2) is 6.88. The fourth-order valence-electron chi connectivity index (χ4n) is 3.07. The molecule has 1 unspecified atom stereocenters. The van der Waals surface area contributed by atoms with Gasteiger partial charge in [-0.25, -0.2) is 0 Å². The number of aromatic nitrogens is 2. The highest BCUT2D eigenvalue weighted by atomic mass is 15.3. The van der Waals surface area contributed by atoms with Crippen LogP contribution in [0.1, 0.15) is 29.5 Å². The van der Waals surface area contributed by atoms with Crippen LogP contribution in [0.4, 0.5) is 5.82 Å². The van der Waals surface area contributed by atoms with Crippen LogP contribution in [0, 0.1) is 13.8 Å². The minimum absolute atomic E-state index is 0.510. The highest BCUT2D eigenvalue weighted by Crippen LogP contribution is 2.18. The van der Waals surface area contributed by atoms with Gasteiger partial charge in [0.05, 0.1) is 0 Å². The number of piperidine rings is 1. The van der Waals surface area contributed by atoms with E-state index < -0.39 is 0 Å². The number of benzene rings is 1. The number of anilines is 1. The lowest BCUT2D eigenvalue weighted by Gasteiger charge is -2.34. The van der Waals surface area contributed by atoms with Crippen LogP contribution in [-0.2, 0) is 6.54 Å². The fraction of sp³-hybridized carbons (Fsp3) is 0.444. The maximum atomic E-state index is 4.23. The van der Waals surface area contributed by atoms with Gasteiger partial charge < -0.3 is 10.2 Å². The van der Waals surface area contributed by atoms with Gasteiger partial charge in [-0.1, -0.05) is 18.2 Å². The monoisotopic (exact) mass is 296 g/mol. The molecule has 0 bridgehead atoms. The Morgan fingerprint density at radius 2 is 2.14 bits per heavy atom. The quantitative estimate of drug-likeness (QED) is 0.942. The molecule has 0 radical (unpaired) electrons. The molecule has 22 heavy (non-hydrogen) atoms. The van der Waals surface area contributed by atoms with Gasteiger partial charge in [-0.3, -0.25) is 0 Å². The van der Waals surface area contributed by atoms with Crippen molar-refractivity contribution in [3.63, 3.8) is 0 Å². The number of nitrogens with zero attached hydrogens (tertiary/aromatic N) is 3. The molecule has 0 saturated carbocycles. The van der Waals surface area contributed by atoms with Gasteiger partial charge >= 0.3 is 0 Å². The summed E-state index contributed by atoms with van der Waals surface area (Å²) >= 11 is 0. The molecule has 1 atom stereocenters. The minimum Gasteiger partial charge on any atom is -0.354 e. The third-order valence-electron chi connectivity index (χ3n) is 4.60. The predicted molar refractivity (Wildman–Crippen MR) is 90.0 cm³/mol. The Morgan fingerprint density at radius 1 is 1.23 bits per heavy atom. The molecule has 0 aliphatic carbocycles. The lowest BCUT2D eigenvalue weighted by Crippen LogP contribution is -2.45. The Bertz CT molecular complexity index is 612. The van der Waals surface area contributed by atoms with Crippen LogP contribution in [0.5, 0.6) is 0 Å². The zero-order valence-corrected chi connectivity index (χ0v) is 13.4. The Labute approximate surface area is 132 Å². The van der Waals surface area contributed by atoms with Gasteiger partial charge in [0.2, 0.25) is 0 Å². The minimum atomic E-state index is 0.510. The molecule has 2 aromatic rings. The number of aryl methyl sites for hydroxylation is 1. The van der Waals surface area contributed by atoms with Crippen LogP contribution in [0.15, 0.2) is 36.5 Å². The molecular weight excluding hydrogens is 272 g/mol. The standard InChI is InChI=1S/C18H24N4/c1-14-6-3-7-16(15(14)2)12-19-17-8-5-11-22(13-17)18-9-4-10-20-21-18/h3-4,6-7,9-10,17,19H,5,8,11-13H2,1-2H3. The summed E-state index contributed by atoms with van der Waals surface area (Å²) in [6.07, 6.45) is 4.15. The van der Waals surface area contributed by atoms with Gasteiger partial charge in [0.25, 0.3) is 0 Å². The topological polar surface area (TPSA) is 41.0 Å². The van der Waals surface area contributed by atoms with Crippen LogP contribution >= 0.6 is 0 Å². The van der Waals surface area contributed by atoms with Crippen LogP contribution in [0.25, 0.3) is 0 Å². The third-order valence-corrected chi connectivity index (χ3v) is 4.60. The van der Waals surface area contributed by atoms with Gasteiger partial charge in [-0.15, -0.1) is 5.10 Å². The highest BCUT2D eigenvalue weighted by Gasteiger charge is 2.20. The predicted octanol–water partition coefficient (Wildman–Crippen LogP) is 2.85. The first-order chi connectivity index (χ1) is 10.7. The van der Waals surface area contributed by atoms with E-state index >= 15 is 0 Å². The SMILES string of the molecule is Cc1cccc(CNC2CCCN(c3cccnn3)C2)c1C. The van der Waals surface area contributed by atoms with Crippen LogP contribution in [0.3, 0.4) is 0 Å². The molecule has 1 aromatic heterocycles. The van der Waals surface area contributed by atoms with Gasteiger partial charge in [0.15, 0.2) is 5.82 Å². The van der Waals surface area contributed by atoms with Crippen molar-refractivity contribution in [2.24, 2.45) is 0 Å². The molecule has 116 valence electrons. The largest absolute Gasteiger partial charge is 0.354 e. The summed E-state index contributed by atoms with van der Waals surface area (Å²) in [5.74, 6) is 0.987. The van der Waals surface area contributed by atoms with E-state index in [0.29, 0.717) is 6.04 Å². The van der Waals surface area contributed by atoms with Crippen molar-refractivity contribution < 1.29 is 0 Å². The summed E-state index contributed by atoms with van der Waals surface area (Å²) in [6, 6.07) is 11.0. The Morgan fingerprint density at radius 3 is 2.95 bits per heavy atom. The van der Waals surface area contributed by atoms with Gasteiger partial charge in [0, 0.05) is 31.9 Å². The lowest BCUT2D eigenvalue weighted by atomic mass is 10.0. The van der Waals surface area contributed by atoms with Crippen LogP contribution in [0.2, 0.25) is 0 Å². The van der Waals surface area contributed by atoms with E-state index in [0.717, 1.165) is 25.5 Å². The Kier molecular flexibility index (Phi) is 4.68. The molecule has 1 aliphatic rings. The number of hydrogen-bond acceptors (Lipinski definition) is 4. The molecule has 2 heterocycles. The maximum Gasteiger partial charge on any atom is 0.151 e. The smallest absolute Gasteiger partial charge is 0.151 e. The van der Waals surface area contributed by atoms with Gasteiger partial charge in [0.1, 0.15) is 0 Å². The average Bonchev–Trinajstić information content (AvgIpc) is 2.57. The summed E-state index contributed by atoms with van der Waals surface area (Å²) < 4.78 is 0. The van der Waals surface area contributed by atoms with E-state index in [1.165, 1.54) is 29.5 Å². The summed E-state index contributed by atoms with van der Waals surface area (Å²) in [5, 5.41) is 11.9. The molecule has 1 aromatic carbocycles. The first-order valence-electron chi connectivity index (χ1n) is 8.05. The molecule has 1 saturated heterocycles. The van der Waals surface area contributed by atoms with E-state index in [4.69, 9.17) is 0 Å². The highest BCUT2D eigenvalue weighted by molar-refractivity contribution is 5.37. The fourth-order valence-corrected chi connectivity index (χ4v) is 3.07.